The first-order valence-electron chi connectivity index (χ1n) is 7.08. The largest absolute Gasteiger partial charge is 0.342 e. The summed E-state index contributed by atoms with van der Waals surface area (Å²) in [6, 6.07) is 8.43. The van der Waals surface area contributed by atoms with E-state index in [0.29, 0.717) is 18.2 Å². The van der Waals surface area contributed by atoms with Gasteiger partial charge in [0.1, 0.15) is 0 Å². The minimum Gasteiger partial charge on any atom is -0.342 e. The number of hydrogen-bond donors (Lipinski definition) is 0. The number of rotatable bonds is 5. The van der Waals surface area contributed by atoms with Gasteiger partial charge in [0.25, 0.3) is 0 Å². The molecule has 1 atom stereocenters. The number of carbonyl (C=O) groups excluding carboxylic acids is 1. The molecular formula is C16H22ClNO. The maximum absolute atomic E-state index is 12.1. The van der Waals surface area contributed by atoms with Crippen LogP contribution >= 0.6 is 11.6 Å². The molecule has 104 valence electrons. The Morgan fingerprint density at radius 2 is 2.11 bits per heavy atom. The summed E-state index contributed by atoms with van der Waals surface area (Å²) in [5.41, 5.74) is 2.51. The molecule has 0 spiro atoms. The fraction of sp³-hybridized carbons (Fsp3) is 0.562. The van der Waals surface area contributed by atoms with Crippen LogP contribution in [-0.4, -0.2) is 29.8 Å². The van der Waals surface area contributed by atoms with Crippen molar-refractivity contribution in [3.8, 4) is 0 Å². The van der Waals surface area contributed by atoms with Crippen LogP contribution in [0.2, 0.25) is 0 Å². The minimum absolute atomic E-state index is 0.289. The summed E-state index contributed by atoms with van der Waals surface area (Å²) in [5, 5.41) is 0. The van der Waals surface area contributed by atoms with Gasteiger partial charge in [0.05, 0.1) is 0 Å². The van der Waals surface area contributed by atoms with Crippen molar-refractivity contribution >= 4 is 17.5 Å². The molecule has 19 heavy (non-hydrogen) atoms. The molecular weight excluding hydrogens is 258 g/mol. The molecule has 1 aliphatic rings. The van der Waals surface area contributed by atoms with E-state index in [1.165, 1.54) is 11.1 Å². The van der Waals surface area contributed by atoms with Crippen molar-refractivity contribution < 1.29 is 4.79 Å². The van der Waals surface area contributed by atoms with E-state index >= 15 is 0 Å². The fourth-order valence-electron chi connectivity index (χ4n) is 2.61. The fourth-order valence-corrected chi connectivity index (χ4v) is 2.92. The highest BCUT2D eigenvalue weighted by Gasteiger charge is 2.25. The monoisotopic (exact) mass is 279 g/mol. The number of carbonyl (C=O) groups is 1. The Morgan fingerprint density at radius 3 is 2.79 bits per heavy atom. The number of aryl methyl sites for hydroxylation is 2. The topological polar surface area (TPSA) is 20.3 Å². The summed E-state index contributed by atoms with van der Waals surface area (Å²) < 4.78 is 0. The van der Waals surface area contributed by atoms with E-state index in [2.05, 4.69) is 31.2 Å². The molecule has 0 N–H and O–H groups in total. The summed E-state index contributed by atoms with van der Waals surface area (Å²) in [5.74, 6) is 1.61. The van der Waals surface area contributed by atoms with Crippen molar-refractivity contribution in [3.63, 3.8) is 0 Å². The zero-order valence-corrected chi connectivity index (χ0v) is 12.3. The molecule has 1 unspecified atom stereocenters. The lowest BCUT2D eigenvalue weighted by Gasteiger charge is -2.16. The quantitative estimate of drug-likeness (QED) is 0.757. The van der Waals surface area contributed by atoms with Gasteiger partial charge in [-0.25, -0.2) is 0 Å². The number of hydrogen-bond acceptors (Lipinski definition) is 1. The zero-order chi connectivity index (χ0) is 13.7. The Bertz CT molecular complexity index is 415. The van der Waals surface area contributed by atoms with Crippen LogP contribution in [-0.2, 0) is 11.2 Å². The second-order valence-corrected chi connectivity index (χ2v) is 5.84. The number of benzene rings is 1. The van der Waals surface area contributed by atoms with Crippen LogP contribution in [0.5, 0.6) is 0 Å². The molecule has 1 aromatic rings. The maximum Gasteiger partial charge on any atom is 0.222 e. The Kier molecular flexibility index (Phi) is 5.26. The van der Waals surface area contributed by atoms with Gasteiger partial charge in [-0.1, -0.05) is 29.8 Å². The van der Waals surface area contributed by atoms with Crippen LogP contribution in [0, 0.1) is 12.8 Å². The Balaban J connectivity index is 1.77. The van der Waals surface area contributed by atoms with Crippen molar-refractivity contribution in [1.29, 1.82) is 0 Å². The summed E-state index contributed by atoms with van der Waals surface area (Å²) in [6.07, 6.45) is 3.61. The van der Waals surface area contributed by atoms with E-state index < -0.39 is 0 Å². The second-order valence-electron chi connectivity index (χ2n) is 5.46. The van der Waals surface area contributed by atoms with Gasteiger partial charge in [0, 0.05) is 25.4 Å². The predicted octanol–water partition coefficient (Wildman–Crippen LogP) is 3.41. The third kappa shape index (κ3) is 4.24. The van der Waals surface area contributed by atoms with Crippen molar-refractivity contribution in [3.05, 3.63) is 35.4 Å². The average Bonchev–Trinajstić information content (AvgIpc) is 2.87. The van der Waals surface area contributed by atoms with E-state index in [0.717, 1.165) is 32.4 Å². The molecule has 0 aliphatic carbocycles. The van der Waals surface area contributed by atoms with Crippen LogP contribution < -0.4 is 0 Å². The van der Waals surface area contributed by atoms with Gasteiger partial charge in [0.2, 0.25) is 5.91 Å². The molecule has 0 saturated carbocycles. The predicted molar refractivity (Wildman–Crippen MR) is 79.5 cm³/mol. The summed E-state index contributed by atoms with van der Waals surface area (Å²) in [7, 11) is 0. The van der Waals surface area contributed by atoms with E-state index in [-0.39, 0.29) is 5.91 Å². The molecule has 1 heterocycles. The van der Waals surface area contributed by atoms with Crippen LogP contribution in [0.15, 0.2) is 24.3 Å². The van der Waals surface area contributed by atoms with Gasteiger partial charge in [-0.2, -0.15) is 0 Å². The Morgan fingerprint density at radius 1 is 1.37 bits per heavy atom. The molecule has 3 heteroatoms. The van der Waals surface area contributed by atoms with Crippen LogP contribution in [0.3, 0.4) is 0 Å². The molecule has 2 nitrogen and oxygen atoms in total. The summed E-state index contributed by atoms with van der Waals surface area (Å²) in [6.45, 7) is 3.89. The van der Waals surface area contributed by atoms with E-state index in [1.54, 1.807) is 0 Å². The molecule has 0 aromatic heterocycles. The first-order valence-corrected chi connectivity index (χ1v) is 7.62. The van der Waals surface area contributed by atoms with Gasteiger partial charge in [-0.05, 0) is 37.7 Å². The smallest absolute Gasteiger partial charge is 0.222 e. The second kappa shape index (κ2) is 6.95. The molecule has 0 bridgehead atoms. The normalized spacial score (nSPS) is 18.8. The molecule has 1 aromatic carbocycles. The molecule has 2 rings (SSSR count). The summed E-state index contributed by atoms with van der Waals surface area (Å²) in [4.78, 5) is 14.1. The Labute approximate surface area is 120 Å². The highest BCUT2D eigenvalue weighted by atomic mass is 35.5. The van der Waals surface area contributed by atoms with E-state index in [1.807, 2.05) is 4.90 Å². The number of halogens is 1. The Hall–Kier alpha value is -1.02. The molecule has 0 radical (unpaired) electrons. The number of likely N-dealkylation sites (tertiary alicyclic amines) is 1. The van der Waals surface area contributed by atoms with Gasteiger partial charge in [-0.15, -0.1) is 11.6 Å². The number of alkyl halides is 1. The molecule has 1 aliphatic heterocycles. The summed E-state index contributed by atoms with van der Waals surface area (Å²) >= 11 is 5.76. The minimum atomic E-state index is 0.289. The van der Waals surface area contributed by atoms with Gasteiger partial charge in [0.15, 0.2) is 0 Å². The van der Waals surface area contributed by atoms with Crippen molar-refractivity contribution in [2.45, 2.75) is 32.6 Å². The van der Waals surface area contributed by atoms with Crippen LogP contribution in [0.1, 0.15) is 30.4 Å². The SMILES string of the molecule is Cc1ccc(CCC(=O)N2CCC(CCCl)C2)cc1. The van der Waals surface area contributed by atoms with Crippen LogP contribution in [0.25, 0.3) is 0 Å². The lowest BCUT2D eigenvalue weighted by Crippen LogP contribution is -2.28. The lowest BCUT2D eigenvalue weighted by molar-refractivity contribution is -0.130. The third-order valence-corrected chi connectivity index (χ3v) is 4.12. The van der Waals surface area contributed by atoms with Crippen molar-refractivity contribution in [2.24, 2.45) is 5.92 Å². The van der Waals surface area contributed by atoms with Crippen molar-refractivity contribution in [1.82, 2.24) is 4.90 Å². The standard InChI is InChI=1S/C16H22ClNO/c1-13-2-4-14(5-3-13)6-7-16(19)18-11-9-15(12-18)8-10-17/h2-5,15H,6-12H2,1H3. The average molecular weight is 280 g/mol. The highest BCUT2D eigenvalue weighted by molar-refractivity contribution is 6.17. The zero-order valence-electron chi connectivity index (χ0n) is 11.6. The number of amides is 1. The maximum atomic E-state index is 12.1. The van der Waals surface area contributed by atoms with Gasteiger partial charge >= 0.3 is 0 Å². The van der Waals surface area contributed by atoms with Crippen molar-refractivity contribution in [2.75, 3.05) is 19.0 Å². The molecule has 1 fully saturated rings. The van der Waals surface area contributed by atoms with E-state index in [4.69, 9.17) is 11.6 Å². The van der Waals surface area contributed by atoms with E-state index in [9.17, 15) is 4.79 Å². The first-order chi connectivity index (χ1) is 9.19. The number of nitrogens with zero attached hydrogens (tertiary/aromatic N) is 1. The molecule has 1 saturated heterocycles. The highest BCUT2D eigenvalue weighted by Crippen LogP contribution is 2.21. The van der Waals surface area contributed by atoms with Crippen LogP contribution in [0.4, 0.5) is 0 Å². The van der Waals surface area contributed by atoms with Gasteiger partial charge < -0.3 is 4.90 Å². The lowest BCUT2D eigenvalue weighted by atomic mass is 10.1. The third-order valence-electron chi connectivity index (χ3n) is 3.90. The first kappa shape index (κ1) is 14.4. The van der Waals surface area contributed by atoms with Gasteiger partial charge in [-0.3, -0.25) is 4.79 Å². The molecule has 1 amide bonds.